The van der Waals surface area contributed by atoms with Crippen molar-refractivity contribution in [2.24, 2.45) is 5.92 Å². The third-order valence-corrected chi connectivity index (χ3v) is 11.0. The lowest BCUT2D eigenvalue weighted by atomic mass is 10.1. The van der Waals surface area contributed by atoms with E-state index in [4.69, 9.17) is 4.74 Å². The lowest BCUT2D eigenvalue weighted by molar-refractivity contribution is 0.408. The molecule has 0 amide bonds. The van der Waals surface area contributed by atoms with E-state index in [1.807, 2.05) is 73.8 Å². The predicted molar refractivity (Wildman–Crippen MR) is 192 cm³/mol. The predicted octanol–water partition coefficient (Wildman–Crippen LogP) is 6.90. The number of rotatable bonds is 9. The van der Waals surface area contributed by atoms with Crippen LogP contribution in [0.4, 0.5) is 5.69 Å². The maximum Gasteiger partial charge on any atom is 0.198 e. The van der Waals surface area contributed by atoms with Gasteiger partial charge in [0.15, 0.2) is 10.3 Å². The highest BCUT2D eigenvalue weighted by Gasteiger charge is 2.30. The van der Waals surface area contributed by atoms with E-state index in [0.29, 0.717) is 22.0 Å². The molecular weight excluding hydrogens is 643 g/mol. The standard InChI is InChI=1S/C18H22N4OS.C18H19N3O2S/c1-13(2)11-22(3)17-9-6-10-19-16(17)12-24(23)18-20-14-7-4-5-8-15(14)21-18;1-23-15-10-11-19-17-12(15)6-2-5-9-16(17)24(22)18-20-13-7-3-4-8-14(13)21-18/h4-10,13H,11-12H2,1-3H3,(H,20,21);3-4,7-8,10-11,16H,2,5-6,9H2,1H3,(H,20,21). The van der Waals surface area contributed by atoms with Crippen LogP contribution in [0.1, 0.15) is 55.3 Å². The number of fused-ring (bicyclic) bond motifs is 3. The molecule has 6 aromatic rings. The summed E-state index contributed by atoms with van der Waals surface area (Å²) in [5.74, 6) is 1.73. The molecule has 4 heterocycles. The van der Waals surface area contributed by atoms with E-state index in [1.165, 1.54) is 0 Å². The van der Waals surface area contributed by atoms with Crippen LogP contribution in [0.2, 0.25) is 0 Å². The molecule has 4 aromatic heterocycles. The van der Waals surface area contributed by atoms with Gasteiger partial charge in [0.05, 0.1) is 78.9 Å². The number of para-hydroxylation sites is 4. The van der Waals surface area contributed by atoms with Crippen LogP contribution >= 0.6 is 0 Å². The SMILES string of the molecule is CC(C)CN(C)c1cccnc1CS(=O)c1nc2ccccc2[nH]1.COc1ccnc2c1CCCCC2S(=O)c1nc2ccccc2[nH]1. The summed E-state index contributed by atoms with van der Waals surface area (Å²) < 4.78 is 31.4. The fourth-order valence-corrected chi connectivity index (χ4v) is 8.60. The molecule has 0 spiro atoms. The molecule has 10 nitrogen and oxygen atoms in total. The molecule has 7 rings (SSSR count). The third kappa shape index (κ3) is 7.50. The first-order valence-electron chi connectivity index (χ1n) is 16.2. The number of H-pyrrole nitrogens is 2. The molecule has 250 valence electrons. The van der Waals surface area contributed by atoms with Gasteiger partial charge in [-0.25, -0.2) is 9.97 Å². The Hall–Kier alpha value is -4.42. The van der Waals surface area contributed by atoms with Crippen molar-refractivity contribution in [3.8, 4) is 5.75 Å². The number of hydrogen-bond acceptors (Lipinski definition) is 8. The number of anilines is 1. The Labute approximate surface area is 285 Å². The summed E-state index contributed by atoms with van der Waals surface area (Å²) in [5, 5.41) is 0.871. The minimum atomic E-state index is -1.27. The maximum absolute atomic E-state index is 13.2. The zero-order chi connectivity index (χ0) is 33.6. The Morgan fingerprint density at radius 3 is 2.25 bits per heavy atom. The lowest BCUT2D eigenvalue weighted by Gasteiger charge is -2.23. The number of aromatic amines is 2. The van der Waals surface area contributed by atoms with Crippen molar-refractivity contribution < 1.29 is 13.2 Å². The van der Waals surface area contributed by atoms with Gasteiger partial charge in [-0.15, -0.1) is 0 Å². The average molecular weight is 684 g/mol. The summed E-state index contributed by atoms with van der Waals surface area (Å²) in [6.45, 7) is 5.29. The molecule has 0 saturated carbocycles. The Kier molecular flexibility index (Phi) is 10.6. The second-order valence-electron chi connectivity index (χ2n) is 12.3. The largest absolute Gasteiger partial charge is 0.496 e. The number of methoxy groups -OCH3 is 1. The van der Waals surface area contributed by atoms with E-state index in [0.717, 1.165) is 82.7 Å². The minimum Gasteiger partial charge on any atom is -0.496 e. The molecule has 3 atom stereocenters. The van der Waals surface area contributed by atoms with Gasteiger partial charge in [0.25, 0.3) is 0 Å². The number of benzene rings is 2. The summed E-state index contributed by atoms with van der Waals surface area (Å²) in [6.07, 6.45) is 7.33. The molecule has 1 aliphatic rings. The van der Waals surface area contributed by atoms with E-state index < -0.39 is 21.6 Å². The molecule has 0 aliphatic heterocycles. The van der Waals surface area contributed by atoms with Gasteiger partial charge < -0.3 is 19.6 Å². The molecular formula is C36H41N7O3S2. The first kappa shape index (κ1) is 33.5. The van der Waals surface area contributed by atoms with Crippen molar-refractivity contribution in [1.29, 1.82) is 0 Å². The van der Waals surface area contributed by atoms with Crippen molar-refractivity contribution in [1.82, 2.24) is 29.9 Å². The van der Waals surface area contributed by atoms with Gasteiger partial charge in [-0.2, -0.15) is 0 Å². The summed E-state index contributed by atoms with van der Waals surface area (Å²) >= 11 is 0. The number of aromatic nitrogens is 6. The van der Waals surface area contributed by atoms with Crippen molar-refractivity contribution in [2.75, 3.05) is 25.6 Å². The molecule has 0 saturated heterocycles. The molecule has 0 radical (unpaired) electrons. The number of pyridine rings is 2. The quantitative estimate of drug-likeness (QED) is 0.158. The van der Waals surface area contributed by atoms with Crippen LogP contribution in [0.25, 0.3) is 22.1 Å². The number of imidazole rings is 2. The van der Waals surface area contributed by atoms with Gasteiger partial charge >= 0.3 is 0 Å². The number of hydrogen-bond donors (Lipinski definition) is 2. The van der Waals surface area contributed by atoms with Crippen LogP contribution in [0, 0.1) is 5.92 Å². The van der Waals surface area contributed by atoms with E-state index in [9.17, 15) is 8.42 Å². The van der Waals surface area contributed by atoms with Crippen molar-refractivity contribution in [2.45, 2.75) is 60.8 Å². The van der Waals surface area contributed by atoms with Crippen LogP contribution in [0.3, 0.4) is 0 Å². The van der Waals surface area contributed by atoms with E-state index in [-0.39, 0.29) is 5.25 Å². The first-order chi connectivity index (χ1) is 23.3. The van der Waals surface area contributed by atoms with E-state index >= 15 is 0 Å². The van der Waals surface area contributed by atoms with Gasteiger partial charge in [-0.05, 0) is 67.6 Å². The summed E-state index contributed by atoms with van der Waals surface area (Å²) in [7, 11) is 1.19. The zero-order valence-corrected chi connectivity index (χ0v) is 29.3. The van der Waals surface area contributed by atoms with Crippen LogP contribution in [0.5, 0.6) is 5.75 Å². The van der Waals surface area contributed by atoms with Crippen LogP contribution in [-0.4, -0.2) is 59.0 Å². The molecule has 1 aliphatic carbocycles. The Morgan fingerprint density at radius 2 is 1.56 bits per heavy atom. The highest BCUT2D eigenvalue weighted by atomic mass is 32.2. The van der Waals surface area contributed by atoms with Gasteiger partial charge in [0.2, 0.25) is 0 Å². The van der Waals surface area contributed by atoms with Crippen molar-refractivity contribution in [3.05, 3.63) is 96.1 Å². The van der Waals surface area contributed by atoms with E-state index in [2.05, 4.69) is 48.7 Å². The zero-order valence-electron chi connectivity index (χ0n) is 27.7. The van der Waals surface area contributed by atoms with Crippen LogP contribution in [-0.2, 0) is 33.8 Å². The molecule has 12 heteroatoms. The molecule has 48 heavy (non-hydrogen) atoms. The Morgan fingerprint density at radius 1 is 0.875 bits per heavy atom. The second kappa shape index (κ2) is 15.2. The van der Waals surface area contributed by atoms with Gasteiger partial charge in [-0.1, -0.05) is 44.5 Å². The molecule has 3 unspecified atom stereocenters. The fourth-order valence-electron chi connectivity index (χ4n) is 6.11. The van der Waals surface area contributed by atoms with Crippen molar-refractivity contribution in [3.63, 3.8) is 0 Å². The summed E-state index contributed by atoms with van der Waals surface area (Å²) in [4.78, 5) is 26.5. The van der Waals surface area contributed by atoms with Crippen LogP contribution < -0.4 is 9.64 Å². The number of nitrogens with zero attached hydrogens (tertiary/aromatic N) is 5. The second-order valence-corrected chi connectivity index (χ2v) is 15.2. The van der Waals surface area contributed by atoms with Gasteiger partial charge in [0, 0.05) is 31.5 Å². The fraction of sp³-hybridized carbons (Fsp3) is 0.333. The number of ether oxygens (including phenoxy) is 1. The highest BCUT2D eigenvalue weighted by molar-refractivity contribution is 7.85. The molecule has 0 bridgehead atoms. The average Bonchev–Trinajstić information content (AvgIpc) is 3.67. The van der Waals surface area contributed by atoms with Crippen LogP contribution in [0.15, 0.2) is 89.4 Å². The molecule has 2 aromatic carbocycles. The summed E-state index contributed by atoms with van der Waals surface area (Å²) in [5.41, 5.74) is 7.33. The number of nitrogens with one attached hydrogen (secondary N) is 2. The van der Waals surface area contributed by atoms with E-state index in [1.54, 1.807) is 19.5 Å². The Balaban J connectivity index is 0.000000167. The summed E-state index contributed by atoms with van der Waals surface area (Å²) in [6, 6.07) is 21.3. The minimum absolute atomic E-state index is 0.154. The van der Waals surface area contributed by atoms with Crippen molar-refractivity contribution >= 4 is 49.4 Å². The molecule has 0 fully saturated rings. The monoisotopic (exact) mass is 683 g/mol. The maximum atomic E-state index is 13.2. The third-order valence-electron chi connectivity index (χ3n) is 8.30. The smallest absolute Gasteiger partial charge is 0.198 e. The van der Waals surface area contributed by atoms with Gasteiger partial charge in [-0.3, -0.25) is 18.4 Å². The Bertz CT molecular complexity index is 1990. The first-order valence-corrected chi connectivity index (χ1v) is 18.7. The van der Waals surface area contributed by atoms with Gasteiger partial charge in [0.1, 0.15) is 5.75 Å². The lowest BCUT2D eigenvalue weighted by Crippen LogP contribution is -2.24. The highest BCUT2D eigenvalue weighted by Crippen LogP contribution is 2.37. The topological polar surface area (TPSA) is 130 Å². The normalized spacial score (nSPS) is 15.7. The molecule has 2 N–H and O–H groups in total.